The first kappa shape index (κ1) is 19.4. The molecule has 0 aliphatic carbocycles. The van der Waals surface area contributed by atoms with Crippen LogP contribution in [0.5, 0.6) is 0 Å². The van der Waals surface area contributed by atoms with E-state index in [1.54, 1.807) is 6.20 Å². The van der Waals surface area contributed by atoms with Crippen molar-refractivity contribution >= 4 is 34.8 Å². The smallest absolute Gasteiger partial charge is 0.323 e. The van der Waals surface area contributed by atoms with E-state index in [-0.39, 0.29) is 24.4 Å². The highest BCUT2D eigenvalue weighted by Crippen LogP contribution is 2.18. The van der Waals surface area contributed by atoms with Gasteiger partial charge in [0.2, 0.25) is 0 Å². The predicted octanol–water partition coefficient (Wildman–Crippen LogP) is 2.75. The van der Waals surface area contributed by atoms with Gasteiger partial charge in [-0.25, -0.2) is 4.98 Å². The molecule has 0 aliphatic rings. The largest absolute Gasteiger partial charge is 0.465 e. The van der Waals surface area contributed by atoms with Crippen LogP contribution < -0.4 is 5.73 Å². The molecule has 0 spiro atoms. The number of hydrogen-bond acceptors (Lipinski definition) is 6. The Morgan fingerprint density at radius 2 is 2.09 bits per heavy atom. The first-order valence-corrected chi connectivity index (χ1v) is 8.02. The van der Waals surface area contributed by atoms with E-state index < -0.39 is 0 Å². The van der Waals surface area contributed by atoms with Crippen molar-refractivity contribution in [2.75, 3.05) is 19.4 Å². The maximum Gasteiger partial charge on any atom is 0.323 e. The summed E-state index contributed by atoms with van der Waals surface area (Å²) in [5, 5.41) is 0.541. The Morgan fingerprint density at radius 1 is 1.39 bits per heavy atom. The lowest BCUT2D eigenvalue weighted by atomic mass is 10.0. The topological polar surface area (TPSA) is 68.5 Å². The van der Waals surface area contributed by atoms with Crippen LogP contribution in [0, 0.1) is 0 Å². The van der Waals surface area contributed by atoms with E-state index in [2.05, 4.69) is 4.98 Å². The highest BCUT2D eigenvalue weighted by Gasteiger charge is 2.25. The minimum atomic E-state index is -0.328. The molecule has 0 fully saturated rings. The van der Waals surface area contributed by atoms with E-state index in [9.17, 15) is 4.79 Å². The van der Waals surface area contributed by atoms with Gasteiger partial charge in [-0.15, -0.1) is 23.7 Å². The minimum absolute atomic E-state index is 0. The van der Waals surface area contributed by atoms with Crippen LogP contribution in [-0.2, 0) is 22.5 Å². The van der Waals surface area contributed by atoms with Gasteiger partial charge < -0.3 is 10.5 Å². The normalized spacial score (nSPS) is 11.8. The standard InChI is InChI=1S/C16H21N3O2S.ClH/c1-3-21-15(20)14(9-12-7-5-4-6-8-12)19(2)11-13-10-18-16(17)22-13;/h4-8,10,14H,3,9,11H2,1-2H3,(H2,17,18);1H. The molecule has 1 unspecified atom stereocenters. The van der Waals surface area contributed by atoms with E-state index in [4.69, 9.17) is 10.5 Å². The third-order valence-electron chi connectivity index (χ3n) is 3.34. The number of esters is 1. The molecule has 0 radical (unpaired) electrons. The summed E-state index contributed by atoms with van der Waals surface area (Å²) in [6.45, 7) is 2.82. The molecular weight excluding hydrogens is 334 g/mol. The van der Waals surface area contributed by atoms with Gasteiger partial charge in [0.15, 0.2) is 5.13 Å². The summed E-state index contributed by atoms with van der Waals surface area (Å²) in [6, 6.07) is 9.62. The van der Waals surface area contributed by atoms with E-state index in [1.807, 2.05) is 49.2 Å². The predicted molar refractivity (Wildman–Crippen MR) is 95.8 cm³/mol. The molecule has 1 atom stereocenters. The highest BCUT2D eigenvalue weighted by atomic mass is 35.5. The Morgan fingerprint density at radius 3 is 2.65 bits per heavy atom. The van der Waals surface area contributed by atoms with Crippen molar-refractivity contribution in [2.45, 2.75) is 25.9 Å². The molecule has 2 N–H and O–H groups in total. The lowest BCUT2D eigenvalue weighted by Crippen LogP contribution is -2.40. The summed E-state index contributed by atoms with van der Waals surface area (Å²) in [6.07, 6.45) is 2.37. The van der Waals surface area contributed by atoms with Gasteiger partial charge in [0.25, 0.3) is 0 Å². The third-order valence-corrected chi connectivity index (χ3v) is 4.15. The summed E-state index contributed by atoms with van der Waals surface area (Å²) >= 11 is 1.44. The average Bonchev–Trinajstić information content (AvgIpc) is 2.91. The number of halogens is 1. The molecule has 1 aromatic carbocycles. The van der Waals surface area contributed by atoms with Crippen LogP contribution >= 0.6 is 23.7 Å². The Labute approximate surface area is 146 Å². The van der Waals surface area contributed by atoms with E-state index in [0.29, 0.717) is 24.7 Å². The molecule has 5 nitrogen and oxygen atoms in total. The number of anilines is 1. The number of likely N-dealkylation sites (N-methyl/N-ethyl adjacent to an activating group) is 1. The molecule has 0 saturated carbocycles. The van der Waals surface area contributed by atoms with Crippen molar-refractivity contribution in [3.05, 3.63) is 47.0 Å². The molecule has 2 aromatic rings. The summed E-state index contributed by atoms with van der Waals surface area (Å²) < 4.78 is 5.22. The van der Waals surface area contributed by atoms with Gasteiger partial charge in [0.05, 0.1) is 6.61 Å². The van der Waals surface area contributed by atoms with Crippen molar-refractivity contribution in [3.8, 4) is 0 Å². The number of benzene rings is 1. The van der Waals surface area contributed by atoms with Crippen molar-refractivity contribution in [1.82, 2.24) is 9.88 Å². The molecule has 0 bridgehead atoms. The molecule has 0 amide bonds. The van der Waals surface area contributed by atoms with Gasteiger partial charge >= 0.3 is 5.97 Å². The number of nitrogens with zero attached hydrogens (tertiary/aromatic N) is 2. The monoisotopic (exact) mass is 355 g/mol. The molecule has 0 aliphatic heterocycles. The maximum atomic E-state index is 12.3. The Balaban J connectivity index is 0.00000264. The van der Waals surface area contributed by atoms with Gasteiger partial charge in [0, 0.05) is 17.6 Å². The first-order valence-electron chi connectivity index (χ1n) is 7.21. The number of nitrogen functional groups attached to an aromatic ring is 1. The van der Waals surface area contributed by atoms with Crippen LogP contribution in [-0.4, -0.2) is 35.5 Å². The van der Waals surface area contributed by atoms with Crippen LogP contribution in [0.1, 0.15) is 17.4 Å². The van der Waals surface area contributed by atoms with Crippen LogP contribution in [0.3, 0.4) is 0 Å². The summed E-state index contributed by atoms with van der Waals surface area (Å²) in [4.78, 5) is 19.3. The van der Waals surface area contributed by atoms with Gasteiger partial charge in [0.1, 0.15) is 6.04 Å². The van der Waals surface area contributed by atoms with E-state index >= 15 is 0 Å². The van der Waals surface area contributed by atoms with E-state index in [0.717, 1.165) is 10.4 Å². The molecule has 7 heteroatoms. The molecule has 1 heterocycles. The number of carbonyl (C=O) groups is 1. The maximum absolute atomic E-state index is 12.3. The van der Waals surface area contributed by atoms with Crippen molar-refractivity contribution in [2.24, 2.45) is 0 Å². The summed E-state index contributed by atoms with van der Waals surface area (Å²) in [7, 11) is 1.92. The molecule has 23 heavy (non-hydrogen) atoms. The van der Waals surface area contributed by atoms with Gasteiger partial charge in [-0.2, -0.15) is 0 Å². The number of carbonyl (C=O) groups excluding carboxylic acids is 1. The third kappa shape index (κ3) is 5.82. The molecular formula is C16H22ClN3O2S. The zero-order valence-electron chi connectivity index (χ0n) is 13.3. The number of thiazole rings is 1. The second-order valence-electron chi connectivity index (χ2n) is 5.04. The van der Waals surface area contributed by atoms with Crippen LogP contribution in [0.2, 0.25) is 0 Å². The second-order valence-corrected chi connectivity index (χ2v) is 6.18. The molecule has 126 valence electrons. The van der Waals surface area contributed by atoms with Gasteiger partial charge in [-0.1, -0.05) is 30.3 Å². The quantitative estimate of drug-likeness (QED) is 0.773. The van der Waals surface area contributed by atoms with Crippen molar-refractivity contribution in [1.29, 1.82) is 0 Å². The number of rotatable bonds is 7. The molecule has 0 saturated heterocycles. The SMILES string of the molecule is CCOC(=O)C(Cc1ccccc1)N(C)Cc1cnc(N)s1.Cl. The highest BCUT2D eigenvalue weighted by molar-refractivity contribution is 7.15. The Hall–Kier alpha value is -1.63. The van der Waals surface area contributed by atoms with Crippen LogP contribution in [0.25, 0.3) is 0 Å². The summed E-state index contributed by atoms with van der Waals surface area (Å²) in [5.74, 6) is -0.202. The number of aromatic nitrogens is 1. The zero-order chi connectivity index (χ0) is 15.9. The van der Waals surface area contributed by atoms with Crippen molar-refractivity contribution in [3.63, 3.8) is 0 Å². The van der Waals surface area contributed by atoms with Gasteiger partial charge in [-0.3, -0.25) is 9.69 Å². The van der Waals surface area contributed by atoms with Crippen LogP contribution in [0.4, 0.5) is 5.13 Å². The second kappa shape index (κ2) is 9.50. The van der Waals surface area contributed by atoms with Crippen molar-refractivity contribution < 1.29 is 9.53 Å². The number of nitrogens with two attached hydrogens (primary N) is 1. The average molecular weight is 356 g/mol. The number of ether oxygens (including phenoxy) is 1. The lowest BCUT2D eigenvalue weighted by molar-refractivity contribution is -0.149. The molecule has 1 aromatic heterocycles. The lowest BCUT2D eigenvalue weighted by Gasteiger charge is -2.25. The first-order chi connectivity index (χ1) is 10.6. The summed E-state index contributed by atoms with van der Waals surface area (Å²) in [5.41, 5.74) is 6.77. The fourth-order valence-electron chi connectivity index (χ4n) is 2.25. The van der Waals surface area contributed by atoms with Crippen LogP contribution in [0.15, 0.2) is 36.5 Å². The fourth-order valence-corrected chi connectivity index (χ4v) is 2.99. The minimum Gasteiger partial charge on any atom is -0.465 e. The zero-order valence-corrected chi connectivity index (χ0v) is 14.9. The van der Waals surface area contributed by atoms with Gasteiger partial charge in [-0.05, 0) is 26.0 Å². The fraction of sp³-hybridized carbons (Fsp3) is 0.375. The number of hydrogen-bond donors (Lipinski definition) is 1. The van der Waals surface area contributed by atoms with E-state index in [1.165, 1.54) is 11.3 Å². The Bertz CT molecular complexity index is 606. The Kier molecular flexibility index (Phi) is 8.02. The molecule has 2 rings (SSSR count).